The van der Waals surface area contributed by atoms with E-state index >= 15 is 0 Å². The van der Waals surface area contributed by atoms with Crippen LogP contribution in [0.5, 0.6) is 5.75 Å². The van der Waals surface area contributed by atoms with Crippen LogP contribution in [0, 0.1) is 0 Å². The van der Waals surface area contributed by atoms with Gasteiger partial charge >= 0.3 is 0 Å². The second kappa shape index (κ2) is 7.29. The van der Waals surface area contributed by atoms with E-state index in [9.17, 15) is 9.90 Å². The summed E-state index contributed by atoms with van der Waals surface area (Å²) in [5.41, 5.74) is 0.632. The molecule has 156 valence electrons. The van der Waals surface area contributed by atoms with Gasteiger partial charge < -0.3 is 24.6 Å². The number of aryl methyl sites for hydroxylation is 1. The smallest absolute Gasteiger partial charge is 0.261 e. The second-order valence-electron chi connectivity index (χ2n) is 8.02. The number of rotatable bonds is 3. The van der Waals surface area contributed by atoms with Crippen molar-refractivity contribution in [2.75, 3.05) is 25.2 Å². The number of hydrogen-bond donors (Lipinski definition) is 2. The fourth-order valence-corrected chi connectivity index (χ4v) is 4.29. The molecular formula is C20H23N7O3. The van der Waals surface area contributed by atoms with Crippen molar-refractivity contribution >= 4 is 16.7 Å². The zero-order valence-electron chi connectivity index (χ0n) is 16.8. The van der Waals surface area contributed by atoms with Gasteiger partial charge in [0.15, 0.2) is 11.6 Å². The lowest BCUT2D eigenvalue weighted by Crippen LogP contribution is -2.58. The molecule has 2 N–H and O–H groups in total. The zero-order valence-corrected chi connectivity index (χ0v) is 16.8. The Morgan fingerprint density at radius 1 is 1.20 bits per heavy atom. The Labute approximate surface area is 172 Å². The summed E-state index contributed by atoms with van der Waals surface area (Å²) < 4.78 is 6.99. The van der Waals surface area contributed by atoms with E-state index in [-0.39, 0.29) is 17.1 Å². The summed E-state index contributed by atoms with van der Waals surface area (Å²) in [7, 11) is 3.62. The molecule has 4 heterocycles. The molecule has 2 unspecified atom stereocenters. The lowest BCUT2D eigenvalue weighted by molar-refractivity contribution is 0.0183. The Morgan fingerprint density at radius 3 is 2.67 bits per heavy atom. The number of ether oxygens (including phenoxy) is 1. The second-order valence-corrected chi connectivity index (χ2v) is 8.02. The minimum atomic E-state index is -0.227. The standard InChI is InChI=1S/C20H23N7O3/c1-26-10-22-16-5-15(17(28)6-14(16)20(26)29)19-21-7-18(24-25-19)27(2)13-3-11-8-30-9-12(4-13)23-11/h5-7,10-13,23,28H,3-4,8-9H2,1-2H3. The quantitative estimate of drug-likeness (QED) is 0.635. The van der Waals surface area contributed by atoms with Gasteiger partial charge in [0.05, 0.1) is 42.2 Å². The molecule has 10 heteroatoms. The number of nitrogens with one attached hydrogen (secondary N) is 1. The van der Waals surface area contributed by atoms with Crippen molar-refractivity contribution in [1.82, 2.24) is 30.0 Å². The van der Waals surface area contributed by atoms with E-state index in [0.717, 1.165) is 26.1 Å². The molecule has 2 atom stereocenters. The van der Waals surface area contributed by atoms with Crippen LogP contribution in [0.1, 0.15) is 12.8 Å². The third-order valence-electron chi connectivity index (χ3n) is 5.96. The molecule has 3 aromatic rings. The van der Waals surface area contributed by atoms with Gasteiger partial charge in [0, 0.05) is 32.2 Å². The molecule has 1 aromatic carbocycles. The summed E-state index contributed by atoms with van der Waals surface area (Å²) >= 11 is 0. The van der Waals surface area contributed by atoms with Gasteiger partial charge in [0.25, 0.3) is 5.56 Å². The number of nitrogens with zero attached hydrogens (tertiary/aromatic N) is 6. The molecule has 0 aliphatic carbocycles. The summed E-state index contributed by atoms with van der Waals surface area (Å²) in [5, 5.41) is 22.9. The molecule has 0 saturated carbocycles. The van der Waals surface area contributed by atoms with Gasteiger partial charge in [0.2, 0.25) is 0 Å². The summed E-state index contributed by atoms with van der Waals surface area (Å²) in [5.74, 6) is 0.878. The number of fused-ring (bicyclic) bond motifs is 3. The first-order valence-electron chi connectivity index (χ1n) is 9.94. The van der Waals surface area contributed by atoms with Crippen molar-refractivity contribution in [1.29, 1.82) is 0 Å². The maximum absolute atomic E-state index is 12.2. The zero-order chi connectivity index (χ0) is 20.8. The molecule has 0 amide bonds. The number of aromatic hydroxyl groups is 1. The van der Waals surface area contributed by atoms with Gasteiger partial charge in [-0.3, -0.25) is 4.79 Å². The predicted octanol–water partition coefficient (Wildman–Crippen LogP) is 0.447. The van der Waals surface area contributed by atoms with E-state index in [1.807, 2.05) is 7.05 Å². The maximum atomic E-state index is 12.2. The van der Waals surface area contributed by atoms with Crippen LogP contribution in [0.4, 0.5) is 5.82 Å². The Balaban J connectivity index is 1.41. The summed E-state index contributed by atoms with van der Waals surface area (Å²) in [4.78, 5) is 23.0. The van der Waals surface area contributed by atoms with Gasteiger partial charge in [0.1, 0.15) is 5.75 Å². The van der Waals surface area contributed by atoms with E-state index < -0.39 is 0 Å². The van der Waals surface area contributed by atoms with Gasteiger partial charge in [-0.2, -0.15) is 0 Å². The number of aromatic nitrogens is 5. The molecule has 0 radical (unpaired) electrons. The minimum absolute atomic E-state index is 0.0818. The number of morpholine rings is 1. The highest BCUT2D eigenvalue weighted by Gasteiger charge is 2.34. The maximum Gasteiger partial charge on any atom is 0.261 e. The number of phenolic OH excluding ortho intramolecular Hbond substituents is 1. The number of hydrogen-bond acceptors (Lipinski definition) is 9. The van der Waals surface area contributed by atoms with Crippen LogP contribution < -0.4 is 15.8 Å². The summed E-state index contributed by atoms with van der Waals surface area (Å²) in [6, 6.07) is 4.07. The Kier molecular flexibility index (Phi) is 4.59. The molecule has 2 aliphatic rings. The van der Waals surface area contributed by atoms with E-state index in [4.69, 9.17) is 4.74 Å². The first kappa shape index (κ1) is 18.9. The van der Waals surface area contributed by atoms with Crippen LogP contribution in [-0.4, -0.2) is 68.2 Å². The van der Waals surface area contributed by atoms with E-state index in [0.29, 0.717) is 40.4 Å². The van der Waals surface area contributed by atoms with E-state index in [1.54, 1.807) is 19.3 Å². The van der Waals surface area contributed by atoms with Crippen molar-refractivity contribution in [3.8, 4) is 17.1 Å². The number of phenols is 1. The van der Waals surface area contributed by atoms with E-state index in [2.05, 4.69) is 30.4 Å². The largest absolute Gasteiger partial charge is 0.507 e. The highest BCUT2D eigenvalue weighted by Crippen LogP contribution is 2.30. The summed E-state index contributed by atoms with van der Waals surface area (Å²) in [6.07, 6.45) is 5.06. The highest BCUT2D eigenvalue weighted by molar-refractivity contribution is 5.85. The van der Waals surface area contributed by atoms with Crippen molar-refractivity contribution in [3.63, 3.8) is 0 Å². The van der Waals surface area contributed by atoms with Gasteiger partial charge in [-0.1, -0.05) is 0 Å². The molecule has 2 bridgehead atoms. The van der Waals surface area contributed by atoms with Crippen LogP contribution in [0.15, 0.2) is 29.5 Å². The average Bonchev–Trinajstić information content (AvgIpc) is 2.76. The fraction of sp³-hybridized carbons (Fsp3) is 0.450. The third kappa shape index (κ3) is 3.27. The van der Waals surface area contributed by atoms with Crippen molar-refractivity contribution < 1.29 is 9.84 Å². The molecular weight excluding hydrogens is 386 g/mol. The van der Waals surface area contributed by atoms with Crippen LogP contribution in [0.2, 0.25) is 0 Å². The lowest BCUT2D eigenvalue weighted by Gasteiger charge is -2.43. The lowest BCUT2D eigenvalue weighted by atomic mass is 9.92. The Bertz CT molecular complexity index is 1140. The number of benzene rings is 1. The molecule has 0 spiro atoms. The fourth-order valence-electron chi connectivity index (χ4n) is 4.29. The molecule has 5 rings (SSSR count). The first-order chi connectivity index (χ1) is 14.5. The average molecular weight is 409 g/mol. The molecule has 2 aliphatic heterocycles. The summed E-state index contributed by atoms with van der Waals surface area (Å²) in [6.45, 7) is 1.48. The van der Waals surface area contributed by atoms with Crippen molar-refractivity contribution in [2.45, 2.75) is 31.0 Å². The molecule has 2 aromatic heterocycles. The first-order valence-corrected chi connectivity index (χ1v) is 9.94. The monoisotopic (exact) mass is 409 g/mol. The SMILES string of the molecule is CN(c1cnc(-c2cc3ncn(C)c(=O)c3cc2O)nn1)C1CC2COCC(C1)N2. The van der Waals surface area contributed by atoms with Crippen molar-refractivity contribution in [3.05, 3.63) is 35.0 Å². The Hall–Kier alpha value is -3.11. The molecule has 2 saturated heterocycles. The van der Waals surface area contributed by atoms with Gasteiger partial charge in [-0.25, -0.2) is 9.97 Å². The molecule has 2 fully saturated rings. The predicted molar refractivity (Wildman–Crippen MR) is 110 cm³/mol. The number of piperidine rings is 1. The topological polar surface area (TPSA) is 118 Å². The van der Waals surface area contributed by atoms with Crippen molar-refractivity contribution in [2.24, 2.45) is 7.05 Å². The van der Waals surface area contributed by atoms with Gasteiger partial charge in [-0.15, -0.1) is 10.2 Å². The normalized spacial score (nSPS) is 23.5. The van der Waals surface area contributed by atoms with Gasteiger partial charge in [-0.05, 0) is 25.0 Å². The van der Waals surface area contributed by atoms with Crippen LogP contribution in [-0.2, 0) is 11.8 Å². The van der Waals surface area contributed by atoms with Crippen LogP contribution in [0.3, 0.4) is 0 Å². The number of anilines is 1. The Morgan fingerprint density at radius 2 is 1.97 bits per heavy atom. The van der Waals surface area contributed by atoms with Crippen LogP contribution >= 0.6 is 0 Å². The van der Waals surface area contributed by atoms with E-state index in [1.165, 1.54) is 17.0 Å². The molecule has 10 nitrogen and oxygen atoms in total. The highest BCUT2D eigenvalue weighted by atomic mass is 16.5. The van der Waals surface area contributed by atoms with Crippen LogP contribution in [0.25, 0.3) is 22.3 Å². The molecule has 30 heavy (non-hydrogen) atoms. The third-order valence-corrected chi connectivity index (χ3v) is 5.96. The minimum Gasteiger partial charge on any atom is -0.507 e.